The fourth-order valence-corrected chi connectivity index (χ4v) is 2.50. The average molecular weight is 321 g/mol. The number of nitrogens with zero attached hydrogens (tertiary/aromatic N) is 1. The van der Waals surface area contributed by atoms with Gasteiger partial charge in [-0.3, -0.25) is 4.79 Å². The molecule has 0 radical (unpaired) electrons. The quantitative estimate of drug-likeness (QED) is 0.908. The van der Waals surface area contributed by atoms with E-state index in [1.165, 1.54) is 12.1 Å². The van der Waals surface area contributed by atoms with Crippen molar-refractivity contribution in [1.82, 2.24) is 10.2 Å². The fourth-order valence-electron chi connectivity index (χ4n) is 2.39. The van der Waals surface area contributed by atoms with E-state index in [9.17, 15) is 9.18 Å². The van der Waals surface area contributed by atoms with Crippen LogP contribution in [0.25, 0.3) is 0 Å². The molecule has 1 aromatic rings. The minimum absolute atomic E-state index is 0. The summed E-state index contributed by atoms with van der Waals surface area (Å²) in [5.41, 5.74) is 0.349. The van der Waals surface area contributed by atoms with E-state index < -0.39 is 5.82 Å². The van der Waals surface area contributed by atoms with Crippen molar-refractivity contribution in [3.8, 4) is 0 Å². The zero-order valence-corrected chi connectivity index (χ0v) is 12.9. The fraction of sp³-hybridized carbons (Fsp3) is 0.500. The summed E-state index contributed by atoms with van der Waals surface area (Å²) in [6.45, 7) is 1.91. The van der Waals surface area contributed by atoms with Crippen LogP contribution in [0, 0.1) is 5.82 Å². The summed E-state index contributed by atoms with van der Waals surface area (Å²) in [4.78, 5) is 14.0. The maximum absolute atomic E-state index is 13.4. The zero-order chi connectivity index (χ0) is 13.8. The Morgan fingerprint density at radius 3 is 2.85 bits per heavy atom. The van der Waals surface area contributed by atoms with Crippen LogP contribution in [0.15, 0.2) is 18.2 Å². The largest absolute Gasteiger partial charge is 0.339 e. The van der Waals surface area contributed by atoms with Crippen molar-refractivity contribution in [2.45, 2.75) is 25.3 Å². The lowest BCUT2D eigenvalue weighted by atomic mass is 10.1. The van der Waals surface area contributed by atoms with E-state index in [2.05, 4.69) is 5.32 Å². The van der Waals surface area contributed by atoms with Crippen molar-refractivity contribution in [1.29, 1.82) is 0 Å². The molecular weight excluding hydrogens is 302 g/mol. The molecule has 1 heterocycles. The normalized spacial score (nSPS) is 18.9. The van der Waals surface area contributed by atoms with Crippen LogP contribution in [0.1, 0.15) is 29.6 Å². The van der Waals surface area contributed by atoms with Crippen LogP contribution in [0.4, 0.5) is 4.39 Å². The Bertz CT molecular complexity index is 462. The van der Waals surface area contributed by atoms with Crippen LogP contribution in [-0.2, 0) is 0 Å². The predicted octanol–water partition coefficient (Wildman–Crippen LogP) is 3.12. The van der Waals surface area contributed by atoms with Gasteiger partial charge >= 0.3 is 0 Å². The third-order valence-corrected chi connectivity index (χ3v) is 3.89. The van der Waals surface area contributed by atoms with Gasteiger partial charge in [0.15, 0.2) is 0 Å². The first-order chi connectivity index (χ1) is 9.09. The van der Waals surface area contributed by atoms with Crippen LogP contribution >= 0.6 is 24.0 Å². The number of carbonyl (C=O) groups excluding carboxylic acids is 1. The highest BCUT2D eigenvalue weighted by Crippen LogP contribution is 2.19. The van der Waals surface area contributed by atoms with Crippen molar-refractivity contribution in [3.63, 3.8) is 0 Å². The topological polar surface area (TPSA) is 32.3 Å². The van der Waals surface area contributed by atoms with Crippen LogP contribution in [0.5, 0.6) is 0 Å². The van der Waals surface area contributed by atoms with E-state index in [0.717, 1.165) is 32.4 Å². The van der Waals surface area contributed by atoms with Crippen LogP contribution in [0.3, 0.4) is 0 Å². The van der Waals surface area contributed by atoms with E-state index in [4.69, 9.17) is 11.6 Å². The lowest BCUT2D eigenvalue weighted by molar-refractivity contribution is 0.0720. The molecule has 1 aliphatic heterocycles. The number of hydrogen-bond donors (Lipinski definition) is 1. The number of hydrogen-bond acceptors (Lipinski definition) is 2. The Morgan fingerprint density at radius 1 is 1.40 bits per heavy atom. The first-order valence-electron chi connectivity index (χ1n) is 6.52. The number of carbonyl (C=O) groups is 1. The van der Waals surface area contributed by atoms with Gasteiger partial charge in [0.05, 0.1) is 5.02 Å². The number of halogens is 3. The molecule has 1 aromatic carbocycles. The molecule has 0 spiro atoms. The Hall–Kier alpha value is -0.840. The van der Waals surface area contributed by atoms with Gasteiger partial charge in [0.25, 0.3) is 5.91 Å². The highest BCUT2D eigenvalue weighted by Gasteiger charge is 2.22. The second-order valence-electron chi connectivity index (χ2n) is 4.88. The van der Waals surface area contributed by atoms with Crippen LogP contribution in [0.2, 0.25) is 5.02 Å². The summed E-state index contributed by atoms with van der Waals surface area (Å²) in [5.74, 6) is -0.703. The number of benzene rings is 1. The van der Waals surface area contributed by atoms with E-state index in [0.29, 0.717) is 5.56 Å². The predicted molar refractivity (Wildman–Crippen MR) is 81.3 cm³/mol. The van der Waals surface area contributed by atoms with Crippen molar-refractivity contribution in [3.05, 3.63) is 34.6 Å². The lowest BCUT2D eigenvalue weighted by Gasteiger charge is -2.27. The Balaban J connectivity index is 0.00000200. The van der Waals surface area contributed by atoms with Gasteiger partial charge in [0.1, 0.15) is 5.82 Å². The Labute approximate surface area is 129 Å². The Kier molecular flexibility index (Phi) is 6.72. The summed E-state index contributed by atoms with van der Waals surface area (Å²) >= 11 is 5.63. The van der Waals surface area contributed by atoms with E-state index in [1.54, 1.807) is 18.0 Å². The second kappa shape index (κ2) is 7.81. The lowest BCUT2D eigenvalue weighted by Crippen LogP contribution is -2.37. The summed E-state index contributed by atoms with van der Waals surface area (Å²) in [6, 6.07) is 4.41. The van der Waals surface area contributed by atoms with Crippen molar-refractivity contribution in [2.24, 2.45) is 0 Å². The van der Waals surface area contributed by atoms with Crippen molar-refractivity contribution in [2.75, 3.05) is 20.1 Å². The molecule has 0 aliphatic carbocycles. The molecular formula is C14H19Cl2FN2O. The minimum Gasteiger partial charge on any atom is -0.339 e. The molecule has 112 valence electrons. The molecule has 1 atom stereocenters. The summed E-state index contributed by atoms with van der Waals surface area (Å²) in [5, 5.41) is 3.35. The van der Waals surface area contributed by atoms with Gasteiger partial charge in [0, 0.05) is 18.7 Å². The molecule has 1 saturated heterocycles. The third-order valence-electron chi connectivity index (χ3n) is 3.58. The monoisotopic (exact) mass is 320 g/mol. The maximum atomic E-state index is 13.4. The molecule has 3 nitrogen and oxygen atoms in total. The molecule has 0 aromatic heterocycles. The number of rotatable bonds is 2. The summed E-state index contributed by atoms with van der Waals surface area (Å²) < 4.78 is 13.4. The van der Waals surface area contributed by atoms with Crippen LogP contribution in [-0.4, -0.2) is 37.0 Å². The molecule has 1 N–H and O–H groups in total. The van der Waals surface area contributed by atoms with Gasteiger partial charge < -0.3 is 10.2 Å². The maximum Gasteiger partial charge on any atom is 0.253 e. The van der Waals surface area contributed by atoms with Crippen molar-refractivity contribution >= 4 is 29.9 Å². The summed E-state index contributed by atoms with van der Waals surface area (Å²) in [6.07, 6.45) is 2.96. The molecule has 1 fully saturated rings. The smallest absolute Gasteiger partial charge is 0.253 e. The molecule has 1 aliphatic rings. The number of amides is 1. The molecule has 1 unspecified atom stereocenters. The third kappa shape index (κ3) is 4.08. The number of nitrogens with one attached hydrogen (secondary N) is 1. The van der Waals surface area contributed by atoms with E-state index >= 15 is 0 Å². The van der Waals surface area contributed by atoms with E-state index in [1.807, 2.05) is 0 Å². The van der Waals surface area contributed by atoms with Gasteiger partial charge in [-0.25, -0.2) is 4.39 Å². The van der Waals surface area contributed by atoms with Gasteiger partial charge in [-0.15, -0.1) is 12.4 Å². The SMILES string of the molecule is CN(C(=O)c1ccc(Cl)c(F)c1)C1CCCNCC1.Cl. The summed E-state index contributed by atoms with van der Waals surface area (Å²) in [7, 11) is 1.78. The molecule has 6 heteroatoms. The Morgan fingerprint density at radius 2 is 2.15 bits per heavy atom. The highest BCUT2D eigenvalue weighted by atomic mass is 35.5. The molecule has 20 heavy (non-hydrogen) atoms. The van der Waals surface area contributed by atoms with Gasteiger partial charge in [-0.2, -0.15) is 0 Å². The highest BCUT2D eigenvalue weighted by molar-refractivity contribution is 6.30. The molecule has 0 bridgehead atoms. The van der Waals surface area contributed by atoms with Gasteiger partial charge in [0.2, 0.25) is 0 Å². The van der Waals surface area contributed by atoms with E-state index in [-0.39, 0.29) is 29.4 Å². The average Bonchev–Trinajstić information content (AvgIpc) is 2.69. The standard InChI is InChI=1S/C14H18ClFN2O.ClH/c1-18(11-3-2-7-17-8-6-11)14(19)10-4-5-12(15)13(16)9-10;/h4-5,9,11,17H,2-3,6-8H2,1H3;1H. The first kappa shape index (κ1) is 17.2. The second-order valence-corrected chi connectivity index (χ2v) is 5.29. The molecule has 2 rings (SSSR count). The molecule has 1 amide bonds. The first-order valence-corrected chi connectivity index (χ1v) is 6.90. The van der Waals surface area contributed by atoms with Crippen LogP contribution < -0.4 is 5.32 Å². The van der Waals surface area contributed by atoms with Crippen molar-refractivity contribution < 1.29 is 9.18 Å². The molecule has 0 saturated carbocycles. The van der Waals surface area contributed by atoms with Gasteiger partial charge in [-0.1, -0.05) is 11.6 Å². The zero-order valence-electron chi connectivity index (χ0n) is 11.4. The van der Waals surface area contributed by atoms with Gasteiger partial charge in [-0.05, 0) is 50.6 Å². The minimum atomic E-state index is -0.552.